The number of methoxy groups -OCH3 is 1. The molecule has 1 aromatic carbocycles. The van der Waals surface area contributed by atoms with Crippen LogP contribution in [0.4, 0.5) is 4.79 Å². The third-order valence-corrected chi connectivity index (χ3v) is 4.12. The van der Waals surface area contributed by atoms with Gasteiger partial charge < -0.3 is 24.6 Å². The summed E-state index contributed by atoms with van der Waals surface area (Å²) in [5.74, 6) is -0.363. The summed E-state index contributed by atoms with van der Waals surface area (Å²) in [7, 11) is 1.44. The molecule has 1 aromatic rings. The Morgan fingerprint density at radius 2 is 2.09 bits per heavy atom. The van der Waals surface area contributed by atoms with Crippen LogP contribution in [0, 0.1) is 0 Å². The van der Waals surface area contributed by atoms with Crippen molar-refractivity contribution in [3.8, 4) is 0 Å². The van der Waals surface area contributed by atoms with Crippen molar-refractivity contribution in [1.82, 2.24) is 4.90 Å². The molecule has 3 atom stereocenters. The Labute approximate surface area is 130 Å². The maximum absolute atomic E-state index is 12.1. The molecule has 3 unspecified atom stereocenters. The predicted molar refractivity (Wildman–Crippen MR) is 80.1 cm³/mol. The number of carbonyl (C=O) groups excluding carboxylic acids is 1. The van der Waals surface area contributed by atoms with Gasteiger partial charge in [0.2, 0.25) is 0 Å². The average Bonchev–Trinajstić information content (AvgIpc) is 2.56. The number of nitrogens with zero attached hydrogens (tertiary/aromatic N) is 1. The number of hydrogen-bond donors (Lipinski definition) is 2. The number of amides is 1. The molecule has 2 rings (SSSR count). The van der Waals surface area contributed by atoms with Gasteiger partial charge in [-0.15, -0.1) is 0 Å². The lowest BCUT2D eigenvalue weighted by atomic mass is 9.84. The van der Waals surface area contributed by atoms with Crippen LogP contribution in [0.2, 0.25) is 0 Å². The minimum atomic E-state index is -1.02. The van der Waals surface area contributed by atoms with Crippen molar-refractivity contribution in [2.45, 2.75) is 37.5 Å². The lowest BCUT2D eigenvalue weighted by molar-refractivity contribution is -0.110. The summed E-state index contributed by atoms with van der Waals surface area (Å²) in [6.07, 6.45) is 1.02. The van der Waals surface area contributed by atoms with Gasteiger partial charge in [-0.25, -0.2) is 4.79 Å². The quantitative estimate of drug-likeness (QED) is 0.809. The Morgan fingerprint density at radius 1 is 1.36 bits per heavy atom. The first kappa shape index (κ1) is 16.7. The van der Waals surface area contributed by atoms with E-state index >= 15 is 0 Å². The van der Waals surface area contributed by atoms with E-state index in [9.17, 15) is 9.90 Å². The molecule has 1 saturated heterocycles. The number of rotatable bonds is 5. The second kappa shape index (κ2) is 8.12. The van der Waals surface area contributed by atoms with Crippen molar-refractivity contribution in [2.24, 2.45) is 0 Å². The molecule has 6 heteroatoms. The van der Waals surface area contributed by atoms with E-state index in [4.69, 9.17) is 14.6 Å². The number of aliphatic hydroxyl groups is 2. The molecule has 1 aliphatic rings. The minimum absolute atomic E-state index is 0.231. The number of aliphatic hydroxyl groups excluding tert-OH is 2. The van der Waals surface area contributed by atoms with E-state index in [0.29, 0.717) is 6.54 Å². The maximum atomic E-state index is 12.1. The first-order valence-corrected chi connectivity index (χ1v) is 7.49. The fraction of sp³-hybridized carbons (Fsp3) is 0.562. The Balaban J connectivity index is 2.29. The first-order chi connectivity index (χ1) is 10.7. The van der Waals surface area contributed by atoms with E-state index in [-0.39, 0.29) is 12.0 Å². The molecule has 6 nitrogen and oxygen atoms in total. The molecule has 0 aliphatic carbocycles. The molecule has 1 heterocycles. The SMILES string of the molecule is COC(O)C(c1ccccc1)C1CCCCN1C(=O)OCO. The van der Waals surface area contributed by atoms with E-state index in [0.717, 1.165) is 24.8 Å². The van der Waals surface area contributed by atoms with Crippen LogP contribution in [-0.2, 0) is 9.47 Å². The van der Waals surface area contributed by atoms with E-state index in [2.05, 4.69) is 0 Å². The molecule has 0 radical (unpaired) electrons. The Bertz CT molecular complexity index is 467. The molecule has 1 aliphatic heterocycles. The zero-order valence-electron chi connectivity index (χ0n) is 12.7. The van der Waals surface area contributed by atoms with Crippen LogP contribution in [-0.4, -0.2) is 54.0 Å². The smallest absolute Gasteiger partial charge is 0.412 e. The zero-order valence-corrected chi connectivity index (χ0v) is 12.7. The van der Waals surface area contributed by atoms with E-state index in [1.54, 1.807) is 4.90 Å². The van der Waals surface area contributed by atoms with Crippen molar-refractivity contribution in [2.75, 3.05) is 20.4 Å². The van der Waals surface area contributed by atoms with E-state index in [1.165, 1.54) is 7.11 Å². The summed E-state index contributed by atoms with van der Waals surface area (Å²) in [6, 6.07) is 9.28. The van der Waals surface area contributed by atoms with Crippen molar-refractivity contribution in [3.05, 3.63) is 35.9 Å². The second-order valence-electron chi connectivity index (χ2n) is 5.36. The highest BCUT2D eigenvalue weighted by Gasteiger charge is 2.38. The molecular formula is C16H23NO5. The monoisotopic (exact) mass is 309 g/mol. The third-order valence-electron chi connectivity index (χ3n) is 4.12. The summed E-state index contributed by atoms with van der Waals surface area (Å²) in [4.78, 5) is 13.7. The highest BCUT2D eigenvalue weighted by molar-refractivity contribution is 5.68. The fourth-order valence-electron chi connectivity index (χ4n) is 3.09. The third kappa shape index (κ3) is 3.76. The standard InChI is InChI=1S/C16H23NO5/c1-21-15(19)14(12-7-3-2-4-8-12)13-9-5-6-10-17(13)16(20)22-11-18/h2-4,7-8,13-15,18-19H,5-6,9-11H2,1H3. The van der Waals surface area contributed by atoms with Gasteiger partial charge in [-0.2, -0.15) is 0 Å². The lowest BCUT2D eigenvalue weighted by Gasteiger charge is -2.41. The molecule has 0 spiro atoms. The van der Waals surface area contributed by atoms with Gasteiger partial charge in [0, 0.05) is 19.7 Å². The van der Waals surface area contributed by atoms with Gasteiger partial charge in [0.05, 0.1) is 5.92 Å². The molecule has 0 saturated carbocycles. The maximum Gasteiger partial charge on any atom is 0.412 e. The summed E-state index contributed by atoms with van der Waals surface area (Å²) < 4.78 is 9.87. The predicted octanol–water partition coefficient (Wildman–Crippen LogP) is 1.68. The fourth-order valence-corrected chi connectivity index (χ4v) is 3.09. The largest absolute Gasteiger partial charge is 0.422 e. The molecule has 122 valence electrons. The molecule has 22 heavy (non-hydrogen) atoms. The average molecular weight is 309 g/mol. The van der Waals surface area contributed by atoms with Gasteiger partial charge in [-0.3, -0.25) is 0 Å². The number of piperidine rings is 1. The second-order valence-corrected chi connectivity index (χ2v) is 5.36. The number of hydrogen-bond acceptors (Lipinski definition) is 5. The Kier molecular flexibility index (Phi) is 6.18. The number of carbonyl (C=O) groups is 1. The molecular weight excluding hydrogens is 286 g/mol. The van der Waals surface area contributed by atoms with Crippen LogP contribution in [0.25, 0.3) is 0 Å². The zero-order chi connectivity index (χ0) is 15.9. The van der Waals surface area contributed by atoms with Crippen LogP contribution in [0.15, 0.2) is 30.3 Å². The topological polar surface area (TPSA) is 79.2 Å². The van der Waals surface area contributed by atoms with E-state index < -0.39 is 19.2 Å². The van der Waals surface area contributed by atoms with Crippen LogP contribution in [0.5, 0.6) is 0 Å². The van der Waals surface area contributed by atoms with Crippen LogP contribution in [0.1, 0.15) is 30.7 Å². The summed E-state index contributed by atoms with van der Waals surface area (Å²) in [5.41, 5.74) is 0.908. The molecule has 1 fully saturated rings. The van der Waals surface area contributed by atoms with Gasteiger partial charge in [0.25, 0.3) is 0 Å². The number of benzene rings is 1. The summed E-state index contributed by atoms with van der Waals surface area (Å²) in [6.45, 7) is -0.103. The molecule has 2 N–H and O–H groups in total. The molecule has 0 aromatic heterocycles. The lowest BCUT2D eigenvalue weighted by Crippen LogP contribution is -2.50. The molecule has 0 bridgehead atoms. The molecule has 1 amide bonds. The van der Waals surface area contributed by atoms with Crippen molar-refractivity contribution >= 4 is 6.09 Å². The summed E-state index contributed by atoms with van der Waals surface area (Å²) >= 11 is 0. The minimum Gasteiger partial charge on any atom is -0.422 e. The van der Waals surface area contributed by atoms with Crippen LogP contribution >= 0.6 is 0 Å². The van der Waals surface area contributed by atoms with Crippen molar-refractivity contribution in [1.29, 1.82) is 0 Å². The van der Waals surface area contributed by atoms with Gasteiger partial charge in [-0.1, -0.05) is 30.3 Å². The van der Waals surface area contributed by atoms with Gasteiger partial charge in [0.15, 0.2) is 13.1 Å². The van der Waals surface area contributed by atoms with Gasteiger partial charge >= 0.3 is 6.09 Å². The van der Waals surface area contributed by atoms with Crippen LogP contribution < -0.4 is 0 Å². The first-order valence-electron chi connectivity index (χ1n) is 7.49. The summed E-state index contributed by atoms with van der Waals surface area (Å²) in [5, 5.41) is 19.1. The van der Waals surface area contributed by atoms with Gasteiger partial charge in [-0.05, 0) is 24.8 Å². The highest BCUT2D eigenvalue weighted by Crippen LogP contribution is 2.33. The normalized spacial score (nSPS) is 21.2. The van der Waals surface area contributed by atoms with E-state index in [1.807, 2.05) is 30.3 Å². The van der Waals surface area contributed by atoms with Crippen molar-refractivity contribution in [3.63, 3.8) is 0 Å². The highest BCUT2D eigenvalue weighted by atomic mass is 16.6. The van der Waals surface area contributed by atoms with Crippen LogP contribution in [0.3, 0.4) is 0 Å². The van der Waals surface area contributed by atoms with Gasteiger partial charge in [0.1, 0.15) is 0 Å². The Hall–Kier alpha value is -1.63. The number of ether oxygens (including phenoxy) is 2. The number of likely N-dealkylation sites (tertiary alicyclic amines) is 1. The van der Waals surface area contributed by atoms with Crippen molar-refractivity contribution < 1.29 is 24.5 Å². The Morgan fingerprint density at radius 3 is 2.73 bits per heavy atom.